The highest BCUT2D eigenvalue weighted by Crippen LogP contribution is 2.18. The highest BCUT2D eigenvalue weighted by atomic mass is 32.2. The molecule has 1 aliphatic rings. The summed E-state index contributed by atoms with van der Waals surface area (Å²) in [6, 6.07) is 12.0. The minimum atomic E-state index is -4.10. The largest absolute Gasteiger partial charge is 0.391 e. The van der Waals surface area contributed by atoms with E-state index in [1.165, 1.54) is 12.1 Å². The molecule has 11 heteroatoms. The first-order valence-corrected chi connectivity index (χ1v) is 14.1. The minimum absolute atomic E-state index is 0.0344. The molecule has 2 aromatic carbocycles. The Balaban J connectivity index is 1.36. The Labute approximate surface area is 221 Å². The predicted molar refractivity (Wildman–Crippen MR) is 142 cm³/mol. The standard InChI is InChI=1S/C27H32N4O6S/c1-18-8-10-20(11-9-18)38(35,36)31-24(27(34)37-26(33)23-7-4-15-28-23)12-13-25(32)29-16-14-19-17-30-22-6-3-2-5-21(19)22/h2-3,5-6,8-11,17,23-24,28,30-31H,4,7,12-16H2,1H3,(H,29,32)/t23-,24-/m0/s1. The number of rotatable bonds is 11. The number of fused-ring (bicyclic) bond motifs is 1. The van der Waals surface area contributed by atoms with Gasteiger partial charge >= 0.3 is 11.9 Å². The van der Waals surface area contributed by atoms with Gasteiger partial charge < -0.3 is 20.4 Å². The topological polar surface area (TPSA) is 146 Å². The molecule has 1 aromatic heterocycles. The SMILES string of the molecule is Cc1ccc(S(=O)(=O)N[C@@H](CCC(=O)NCCc2c[nH]c3ccccc23)C(=O)OC(=O)[C@@H]2CCCN2)cc1. The molecular formula is C27H32N4O6S. The van der Waals surface area contributed by atoms with E-state index in [4.69, 9.17) is 4.74 Å². The van der Waals surface area contributed by atoms with E-state index in [2.05, 4.69) is 20.3 Å². The van der Waals surface area contributed by atoms with E-state index in [-0.39, 0.29) is 23.6 Å². The minimum Gasteiger partial charge on any atom is -0.391 e. The molecular weight excluding hydrogens is 508 g/mol. The van der Waals surface area contributed by atoms with E-state index >= 15 is 0 Å². The number of sulfonamides is 1. The maximum atomic E-state index is 12.9. The van der Waals surface area contributed by atoms with Crippen LogP contribution in [0.1, 0.15) is 36.8 Å². The van der Waals surface area contributed by atoms with E-state index in [0.29, 0.717) is 25.9 Å². The summed E-state index contributed by atoms with van der Waals surface area (Å²) in [5, 5.41) is 6.83. The lowest BCUT2D eigenvalue weighted by Gasteiger charge is -2.18. The lowest BCUT2D eigenvalue weighted by molar-refractivity contribution is -0.162. The maximum absolute atomic E-state index is 12.9. The third kappa shape index (κ3) is 7.06. The number of carbonyl (C=O) groups excluding carboxylic acids is 3. The number of benzene rings is 2. The van der Waals surface area contributed by atoms with Crippen LogP contribution in [0, 0.1) is 6.92 Å². The molecule has 202 valence electrons. The number of aromatic amines is 1. The average molecular weight is 541 g/mol. The number of hydrogen-bond acceptors (Lipinski definition) is 7. The third-order valence-electron chi connectivity index (χ3n) is 6.51. The Kier molecular flexibility index (Phi) is 8.93. The van der Waals surface area contributed by atoms with Gasteiger partial charge in [0.25, 0.3) is 0 Å². The van der Waals surface area contributed by atoms with Crippen LogP contribution in [0.3, 0.4) is 0 Å². The number of aromatic nitrogens is 1. The lowest BCUT2D eigenvalue weighted by Crippen LogP contribution is -2.45. The number of amides is 1. The number of carbonyl (C=O) groups is 3. The maximum Gasteiger partial charge on any atom is 0.331 e. The normalized spacial score (nSPS) is 16.3. The van der Waals surface area contributed by atoms with Crippen molar-refractivity contribution in [2.24, 2.45) is 0 Å². The van der Waals surface area contributed by atoms with E-state index < -0.39 is 34.0 Å². The van der Waals surface area contributed by atoms with Gasteiger partial charge in [0.05, 0.1) is 4.90 Å². The van der Waals surface area contributed by atoms with Crippen molar-refractivity contribution in [2.75, 3.05) is 13.1 Å². The zero-order chi connectivity index (χ0) is 27.1. The van der Waals surface area contributed by atoms with Gasteiger partial charge in [-0.15, -0.1) is 0 Å². The Morgan fingerprint density at radius 1 is 1.11 bits per heavy atom. The molecule has 1 aliphatic heterocycles. The molecule has 1 fully saturated rings. The number of hydrogen-bond donors (Lipinski definition) is 4. The summed E-state index contributed by atoms with van der Waals surface area (Å²) in [5.41, 5.74) is 2.95. The molecule has 0 radical (unpaired) electrons. The molecule has 4 rings (SSSR count). The summed E-state index contributed by atoms with van der Waals surface area (Å²) in [4.78, 5) is 40.9. The zero-order valence-electron chi connectivity index (χ0n) is 21.2. The van der Waals surface area contributed by atoms with Crippen molar-refractivity contribution in [1.29, 1.82) is 0 Å². The van der Waals surface area contributed by atoms with Crippen LogP contribution >= 0.6 is 0 Å². The number of esters is 2. The molecule has 0 bridgehead atoms. The molecule has 0 unspecified atom stereocenters. The van der Waals surface area contributed by atoms with Gasteiger partial charge in [-0.25, -0.2) is 18.0 Å². The van der Waals surface area contributed by atoms with Gasteiger partial charge in [0.15, 0.2) is 0 Å². The lowest BCUT2D eigenvalue weighted by atomic mass is 10.1. The van der Waals surface area contributed by atoms with E-state index in [1.807, 2.05) is 37.4 Å². The van der Waals surface area contributed by atoms with Crippen molar-refractivity contribution < 1.29 is 27.5 Å². The van der Waals surface area contributed by atoms with E-state index in [9.17, 15) is 22.8 Å². The first kappa shape index (κ1) is 27.5. The van der Waals surface area contributed by atoms with Crippen LogP contribution < -0.4 is 15.4 Å². The number of H-pyrrole nitrogens is 1. The van der Waals surface area contributed by atoms with Gasteiger partial charge in [-0.1, -0.05) is 35.9 Å². The molecule has 38 heavy (non-hydrogen) atoms. The van der Waals surface area contributed by atoms with Crippen LogP contribution in [0.25, 0.3) is 10.9 Å². The molecule has 0 spiro atoms. The predicted octanol–water partition coefficient (Wildman–Crippen LogP) is 2.08. The second kappa shape index (κ2) is 12.3. The fourth-order valence-corrected chi connectivity index (χ4v) is 5.58. The quantitative estimate of drug-likeness (QED) is 0.215. The number of para-hydroxylation sites is 1. The second-order valence-corrected chi connectivity index (χ2v) is 11.1. The number of ether oxygens (including phenoxy) is 1. The molecule has 0 aliphatic carbocycles. The summed E-state index contributed by atoms with van der Waals surface area (Å²) in [6.07, 6.45) is 3.50. The van der Waals surface area contributed by atoms with Crippen molar-refractivity contribution in [3.05, 3.63) is 65.9 Å². The average Bonchev–Trinajstić information content (AvgIpc) is 3.58. The monoisotopic (exact) mass is 540 g/mol. The Morgan fingerprint density at radius 3 is 2.61 bits per heavy atom. The van der Waals surface area contributed by atoms with Crippen LogP contribution in [0.2, 0.25) is 0 Å². The molecule has 4 N–H and O–H groups in total. The smallest absolute Gasteiger partial charge is 0.331 e. The van der Waals surface area contributed by atoms with Crippen molar-refractivity contribution >= 4 is 38.8 Å². The van der Waals surface area contributed by atoms with Crippen molar-refractivity contribution in [3.8, 4) is 0 Å². The summed E-state index contributed by atoms with van der Waals surface area (Å²) in [5.74, 6) is -2.14. The first-order chi connectivity index (χ1) is 18.2. The van der Waals surface area contributed by atoms with Crippen LogP contribution in [0.5, 0.6) is 0 Å². The van der Waals surface area contributed by atoms with Gasteiger partial charge in [-0.05, 0) is 62.9 Å². The Bertz CT molecular complexity index is 1390. The van der Waals surface area contributed by atoms with Gasteiger partial charge in [-0.3, -0.25) is 4.79 Å². The molecule has 1 saturated heterocycles. The molecule has 2 heterocycles. The third-order valence-corrected chi connectivity index (χ3v) is 8.00. The van der Waals surface area contributed by atoms with Gasteiger partial charge in [0.1, 0.15) is 12.1 Å². The van der Waals surface area contributed by atoms with Gasteiger partial charge in [0, 0.05) is 30.1 Å². The van der Waals surface area contributed by atoms with Crippen molar-refractivity contribution in [1.82, 2.24) is 20.3 Å². The summed E-state index contributed by atoms with van der Waals surface area (Å²) < 4.78 is 33.2. The highest BCUT2D eigenvalue weighted by Gasteiger charge is 2.32. The van der Waals surface area contributed by atoms with Crippen molar-refractivity contribution in [3.63, 3.8) is 0 Å². The van der Waals surface area contributed by atoms with E-state index in [0.717, 1.165) is 28.5 Å². The van der Waals surface area contributed by atoms with Crippen LogP contribution in [0.15, 0.2) is 59.6 Å². The summed E-state index contributed by atoms with van der Waals surface area (Å²) >= 11 is 0. The highest BCUT2D eigenvalue weighted by molar-refractivity contribution is 7.89. The zero-order valence-corrected chi connectivity index (χ0v) is 22.0. The molecule has 2 atom stereocenters. The van der Waals surface area contributed by atoms with Crippen molar-refractivity contribution in [2.45, 2.75) is 56.0 Å². The van der Waals surface area contributed by atoms with Crippen LogP contribution in [-0.2, 0) is 35.6 Å². The fraction of sp³-hybridized carbons (Fsp3) is 0.370. The second-order valence-electron chi connectivity index (χ2n) is 9.37. The van der Waals surface area contributed by atoms with Gasteiger partial charge in [0.2, 0.25) is 15.9 Å². The summed E-state index contributed by atoms with van der Waals surface area (Å²) in [6.45, 7) is 2.83. The van der Waals surface area contributed by atoms with Crippen LogP contribution in [0.4, 0.5) is 0 Å². The Hall–Kier alpha value is -3.54. The molecule has 10 nitrogen and oxygen atoms in total. The molecule has 3 aromatic rings. The Morgan fingerprint density at radius 2 is 1.87 bits per heavy atom. The first-order valence-electron chi connectivity index (χ1n) is 12.6. The fourth-order valence-electron chi connectivity index (χ4n) is 4.36. The number of aryl methyl sites for hydroxylation is 1. The molecule has 1 amide bonds. The summed E-state index contributed by atoms with van der Waals surface area (Å²) in [7, 11) is -4.10. The molecule has 0 saturated carbocycles. The number of nitrogens with one attached hydrogen (secondary N) is 4. The van der Waals surface area contributed by atoms with Gasteiger partial charge in [-0.2, -0.15) is 4.72 Å². The van der Waals surface area contributed by atoms with Crippen LogP contribution in [-0.4, -0.2) is 56.4 Å². The van der Waals surface area contributed by atoms with E-state index in [1.54, 1.807) is 12.1 Å².